The first kappa shape index (κ1) is 11.0. The van der Waals surface area contributed by atoms with Gasteiger partial charge < -0.3 is 10.1 Å². The fourth-order valence-corrected chi connectivity index (χ4v) is 2.31. The van der Waals surface area contributed by atoms with Crippen LogP contribution in [-0.4, -0.2) is 9.38 Å². The summed E-state index contributed by atoms with van der Waals surface area (Å²) in [6.45, 7) is 2.01. The van der Waals surface area contributed by atoms with E-state index >= 15 is 0 Å². The lowest BCUT2D eigenvalue weighted by molar-refractivity contribution is 0.820. The number of nitrogens with two attached hydrogens (primary N) is 1. The van der Waals surface area contributed by atoms with E-state index in [1.165, 1.54) is 0 Å². The molecule has 3 heterocycles. The van der Waals surface area contributed by atoms with E-state index < -0.39 is 0 Å². The largest absolute Gasteiger partial charge is 0.324 e. The van der Waals surface area contributed by atoms with Crippen LogP contribution in [0.3, 0.4) is 0 Å². The lowest BCUT2D eigenvalue weighted by Crippen LogP contribution is -2.05. The average Bonchev–Trinajstić information content (AvgIpc) is 2.79. The summed E-state index contributed by atoms with van der Waals surface area (Å²) in [5.41, 5.74) is 10.7. The smallest absolute Gasteiger partial charge is 0.0577 e. The molecule has 0 amide bonds. The first-order chi connectivity index (χ1) is 8.77. The SMILES string of the molecule is CC(N)c1cc2ccccn2c1-c1ccncc1. The molecule has 2 N–H and O–H groups in total. The van der Waals surface area contributed by atoms with Gasteiger partial charge in [0.2, 0.25) is 0 Å². The molecular formula is C15H15N3. The van der Waals surface area contributed by atoms with Crippen molar-refractivity contribution in [3.05, 3.63) is 60.6 Å². The molecule has 3 rings (SSSR count). The first-order valence-corrected chi connectivity index (χ1v) is 6.03. The van der Waals surface area contributed by atoms with Crippen LogP contribution < -0.4 is 5.73 Å². The van der Waals surface area contributed by atoms with Crippen LogP contribution in [0.2, 0.25) is 0 Å². The number of aromatic nitrogens is 2. The Balaban J connectivity index is 2.35. The Morgan fingerprint density at radius 2 is 1.94 bits per heavy atom. The highest BCUT2D eigenvalue weighted by Crippen LogP contribution is 2.30. The molecule has 3 aromatic heterocycles. The molecule has 18 heavy (non-hydrogen) atoms. The van der Waals surface area contributed by atoms with Crippen LogP contribution in [-0.2, 0) is 0 Å². The summed E-state index contributed by atoms with van der Waals surface area (Å²) in [4.78, 5) is 4.07. The second-order valence-electron chi connectivity index (χ2n) is 4.47. The Hall–Kier alpha value is -2.13. The molecule has 1 unspecified atom stereocenters. The van der Waals surface area contributed by atoms with Gasteiger partial charge in [-0.25, -0.2) is 0 Å². The highest BCUT2D eigenvalue weighted by Gasteiger charge is 2.14. The monoisotopic (exact) mass is 237 g/mol. The Morgan fingerprint density at radius 1 is 1.17 bits per heavy atom. The summed E-state index contributed by atoms with van der Waals surface area (Å²) in [5, 5.41) is 0. The maximum Gasteiger partial charge on any atom is 0.0577 e. The van der Waals surface area contributed by atoms with Crippen LogP contribution in [0.5, 0.6) is 0 Å². The van der Waals surface area contributed by atoms with Gasteiger partial charge >= 0.3 is 0 Å². The van der Waals surface area contributed by atoms with Crippen molar-refractivity contribution in [2.24, 2.45) is 5.73 Å². The number of hydrogen-bond acceptors (Lipinski definition) is 2. The Morgan fingerprint density at radius 3 is 2.67 bits per heavy atom. The van der Waals surface area contributed by atoms with Crippen LogP contribution in [0, 0.1) is 0 Å². The van der Waals surface area contributed by atoms with Crippen molar-refractivity contribution in [2.75, 3.05) is 0 Å². The Bertz CT molecular complexity index is 669. The molecule has 0 fully saturated rings. The van der Waals surface area contributed by atoms with E-state index in [9.17, 15) is 0 Å². The Kier molecular flexibility index (Phi) is 2.61. The molecule has 0 saturated heterocycles. The third kappa shape index (κ3) is 1.69. The highest BCUT2D eigenvalue weighted by molar-refractivity contribution is 5.72. The maximum absolute atomic E-state index is 6.09. The van der Waals surface area contributed by atoms with E-state index in [0.29, 0.717) is 0 Å². The van der Waals surface area contributed by atoms with Gasteiger partial charge in [-0.2, -0.15) is 0 Å². The van der Waals surface area contributed by atoms with Gasteiger partial charge in [-0.15, -0.1) is 0 Å². The number of hydrogen-bond donors (Lipinski definition) is 1. The summed E-state index contributed by atoms with van der Waals surface area (Å²) in [5.74, 6) is 0. The minimum atomic E-state index is 0.00747. The molecule has 3 aromatic rings. The molecule has 0 bridgehead atoms. The lowest BCUT2D eigenvalue weighted by Gasteiger charge is -2.09. The topological polar surface area (TPSA) is 43.3 Å². The molecule has 0 radical (unpaired) electrons. The van der Waals surface area contributed by atoms with Crippen LogP contribution in [0.4, 0.5) is 0 Å². The van der Waals surface area contributed by atoms with E-state index in [-0.39, 0.29) is 6.04 Å². The van der Waals surface area contributed by atoms with E-state index in [4.69, 9.17) is 5.73 Å². The molecular weight excluding hydrogens is 222 g/mol. The third-order valence-corrected chi connectivity index (χ3v) is 3.15. The van der Waals surface area contributed by atoms with Crippen molar-refractivity contribution in [1.82, 2.24) is 9.38 Å². The fourth-order valence-electron chi connectivity index (χ4n) is 2.31. The number of pyridine rings is 2. The fraction of sp³-hybridized carbons (Fsp3) is 0.133. The molecule has 0 aliphatic carbocycles. The van der Waals surface area contributed by atoms with Gasteiger partial charge in [-0.1, -0.05) is 6.07 Å². The predicted octanol–water partition coefficient (Wildman–Crippen LogP) is 3.02. The molecule has 0 saturated carbocycles. The molecule has 3 heteroatoms. The van der Waals surface area contributed by atoms with Gasteiger partial charge in [0, 0.05) is 35.7 Å². The van der Waals surface area contributed by atoms with Crippen molar-refractivity contribution in [2.45, 2.75) is 13.0 Å². The molecule has 3 nitrogen and oxygen atoms in total. The van der Waals surface area contributed by atoms with Gasteiger partial charge in [0.05, 0.1) is 5.69 Å². The van der Waals surface area contributed by atoms with E-state index in [2.05, 4.69) is 27.7 Å². The Labute approximate surface area is 106 Å². The average molecular weight is 237 g/mol. The highest BCUT2D eigenvalue weighted by atomic mass is 14.9. The van der Waals surface area contributed by atoms with Gasteiger partial charge in [-0.3, -0.25) is 4.98 Å². The predicted molar refractivity (Wildman–Crippen MR) is 73.2 cm³/mol. The zero-order chi connectivity index (χ0) is 12.5. The van der Waals surface area contributed by atoms with Crippen molar-refractivity contribution in [3.63, 3.8) is 0 Å². The summed E-state index contributed by atoms with van der Waals surface area (Å²) in [7, 11) is 0. The minimum Gasteiger partial charge on any atom is -0.324 e. The maximum atomic E-state index is 6.09. The van der Waals surface area contributed by atoms with E-state index in [1.807, 2.05) is 43.6 Å². The van der Waals surface area contributed by atoms with Crippen LogP contribution >= 0.6 is 0 Å². The van der Waals surface area contributed by atoms with Crippen LogP contribution in [0.25, 0.3) is 16.8 Å². The first-order valence-electron chi connectivity index (χ1n) is 6.03. The van der Waals surface area contributed by atoms with Gasteiger partial charge in [0.1, 0.15) is 0 Å². The second-order valence-corrected chi connectivity index (χ2v) is 4.47. The second kappa shape index (κ2) is 4.27. The zero-order valence-corrected chi connectivity index (χ0v) is 10.2. The third-order valence-electron chi connectivity index (χ3n) is 3.15. The van der Waals surface area contributed by atoms with E-state index in [1.54, 1.807) is 0 Å². The summed E-state index contributed by atoms with van der Waals surface area (Å²) >= 11 is 0. The standard InChI is InChI=1S/C15H15N3/c1-11(16)14-10-13-4-2-3-9-18(13)15(14)12-5-7-17-8-6-12/h2-11H,16H2,1H3. The van der Waals surface area contributed by atoms with E-state index in [0.717, 1.165) is 22.3 Å². The van der Waals surface area contributed by atoms with Gasteiger partial charge in [0.25, 0.3) is 0 Å². The number of nitrogens with zero attached hydrogens (tertiary/aromatic N) is 2. The zero-order valence-electron chi connectivity index (χ0n) is 10.2. The molecule has 1 atom stereocenters. The van der Waals surface area contributed by atoms with Crippen molar-refractivity contribution < 1.29 is 0 Å². The quantitative estimate of drug-likeness (QED) is 0.744. The van der Waals surface area contributed by atoms with Crippen molar-refractivity contribution in [1.29, 1.82) is 0 Å². The summed E-state index contributed by atoms with van der Waals surface area (Å²) < 4.78 is 2.17. The van der Waals surface area contributed by atoms with Crippen LogP contribution in [0.15, 0.2) is 55.0 Å². The lowest BCUT2D eigenvalue weighted by atomic mass is 10.0. The number of rotatable bonds is 2. The van der Waals surface area contributed by atoms with Crippen molar-refractivity contribution in [3.8, 4) is 11.3 Å². The summed E-state index contributed by atoms with van der Waals surface area (Å²) in [6.07, 6.45) is 5.68. The van der Waals surface area contributed by atoms with Crippen molar-refractivity contribution >= 4 is 5.52 Å². The number of fused-ring (bicyclic) bond motifs is 1. The normalized spacial score (nSPS) is 12.8. The molecule has 0 aliphatic rings. The summed E-state index contributed by atoms with van der Waals surface area (Å²) in [6, 6.07) is 12.4. The van der Waals surface area contributed by atoms with Gasteiger partial charge in [0.15, 0.2) is 0 Å². The van der Waals surface area contributed by atoms with Crippen LogP contribution in [0.1, 0.15) is 18.5 Å². The molecule has 0 aromatic carbocycles. The molecule has 90 valence electrons. The molecule has 0 spiro atoms. The van der Waals surface area contributed by atoms with Gasteiger partial charge in [-0.05, 0) is 42.8 Å². The molecule has 0 aliphatic heterocycles. The minimum absolute atomic E-state index is 0.00747.